The molecule has 0 N–H and O–H groups in total. The zero-order valence-corrected chi connectivity index (χ0v) is 19.4. The third-order valence-corrected chi connectivity index (χ3v) is 8.00. The summed E-state index contributed by atoms with van der Waals surface area (Å²) in [5, 5.41) is 0. The first-order valence-corrected chi connectivity index (χ1v) is 12.4. The van der Waals surface area contributed by atoms with E-state index in [0.29, 0.717) is 11.3 Å². The van der Waals surface area contributed by atoms with Gasteiger partial charge >= 0.3 is 0 Å². The second-order valence-electron chi connectivity index (χ2n) is 11.7. The summed E-state index contributed by atoms with van der Waals surface area (Å²) in [6, 6.07) is 0. The molecule has 6 atom stereocenters. The Hall–Kier alpha value is -0.260. The van der Waals surface area contributed by atoms with Crippen molar-refractivity contribution in [3.63, 3.8) is 0 Å². The molecular formula is C27H50. The Balaban J connectivity index is 2.06. The van der Waals surface area contributed by atoms with Crippen LogP contribution >= 0.6 is 0 Å². The van der Waals surface area contributed by atoms with Crippen LogP contribution in [0.1, 0.15) is 118 Å². The quantitative estimate of drug-likeness (QED) is 0.432. The number of rotatable bonds is 3. The molecule has 0 spiro atoms. The lowest BCUT2D eigenvalue weighted by atomic mass is 9.72. The van der Waals surface area contributed by atoms with Gasteiger partial charge in [0.2, 0.25) is 0 Å². The minimum Gasteiger partial charge on any atom is -0.103 e. The maximum atomic E-state index is 4.24. The van der Waals surface area contributed by atoms with Crippen LogP contribution in [0.3, 0.4) is 0 Å². The van der Waals surface area contributed by atoms with E-state index in [1.807, 2.05) is 0 Å². The molecule has 0 radical (unpaired) electrons. The number of hydrogen-bond acceptors (Lipinski definition) is 0. The van der Waals surface area contributed by atoms with Gasteiger partial charge in [0.25, 0.3) is 0 Å². The molecule has 0 bridgehead atoms. The molecule has 0 amide bonds. The topological polar surface area (TPSA) is 0 Å². The lowest BCUT2D eigenvalue weighted by Crippen LogP contribution is -2.24. The van der Waals surface area contributed by atoms with Crippen LogP contribution in [0.2, 0.25) is 0 Å². The fourth-order valence-electron chi connectivity index (χ4n) is 6.31. The maximum Gasteiger partial charge on any atom is -0.0203 e. The van der Waals surface area contributed by atoms with Crippen LogP contribution in [-0.2, 0) is 0 Å². The molecule has 27 heavy (non-hydrogen) atoms. The average molecular weight is 375 g/mol. The predicted molar refractivity (Wildman–Crippen MR) is 122 cm³/mol. The fourth-order valence-corrected chi connectivity index (χ4v) is 6.31. The normalized spacial score (nSPS) is 35.8. The molecule has 2 aliphatic carbocycles. The van der Waals surface area contributed by atoms with E-state index in [0.717, 1.165) is 29.6 Å². The molecule has 0 heterocycles. The van der Waals surface area contributed by atoms with Crippen LogP contribution in [-0.4, -0.2) is 0 Å². The lowest BCUT2D eigenvalue weighted by molar-refractivity contribution is 0.171. The summed E-state index contributed by atoms with van der Waals surface area (Å²) in [7, 11) is 0. The molecule has 158 valence electrons. The Kier molecular flexibility index (Phi) is 9.43. The summed E-state index contributed by atoms with van der Waals surface area (Å²) in [5.41, 5.74) is 0.416. The highest BCUT2D eigenvalue weighted by Crippen LogP contribution is 2.43. The van der Waals surface area contributed by atoms with E-state index >= 15 is 0 Å². The van der Waals surface area contributed by atoms with E-state index in [1.54, 1.807) is 0 Å². The third kappa shape index (κ3) is 7.94. The molecule has 0 heteroatoms. The van der Waals surface area contributed by atoms with Crippen LogP contribution < -0.4 is 0 Å². The average Bonchev–Trinajstić information content (AvgIpc) is 2.67. The van der Waals surface area contributed by atoms with Crippen molar-refractivity contribution < 1.29 is 0 Å². The van der Waals surface area contributed by atoms with Crippen LogP contribution in [0, 0.1) is 40.9 Å². The lowest BCUT2D eigenvalue weighted by Gasteiger charge is -2.34. The van der Waals surface area contributed by atoms with Gasteiger partial charge in [-0.25, -0.2) is 0 Å². The summed E-state index contributed by atoms with van der Waals surface area (Å²) in [5.74, 6) is 5.46. The summed E-state index contributed by atoms with van der Waals surface area (Å²) < 4.78 is 0. The van der Waals surface area contributed by atoms with Crippen molar-refractivity contribution >= 4 is 0 Å². The second-order valence-corrected chi connectivity index (χ2v) is 11.7. The Morgan fingerprint density at radius 1 is 0.815 bits per heavy atom. The van der Waals surface area contributed by atoms with E-state index < -0.39 is 0 Å². The predicted octanol–water partition coefficient (Wildman–Crippen LogP) is 9.05. The van der Waals surface area contributed by atoms with E-state index in [1.165, 1.54) is 83.5 Å². The molecule has 2 fully saturated rings. The van der Waals surface area contributed by atoms with Crippen molar-refractivity contribution in [3.8, 4) is 0 Å². The largest absolute Gasteiger partial charge is 0.103 e. The van der Waals surface area contributed by atoms with E-state index in [2.05, 4.69) is 47.3 Å². The molecule has 0 nitrogen and oxygen atoms in total. The van der Waals surface area contributed by atoms with Gasteiger partial charge in [-0.05, 0) is 66.6 Å². The smallest absolute Gasteiger partial charge is 0.0203 e. The van der Waals surface area contributed by atoms with Crippen LogP contribution in [0.25, 0.3) is 0 Å². The van der Waals surface area contributed by atoms with Gasteiger partial charge in [-0.15, -0.1) is 6.58 Å². The van der Waals surface area contributed by atoms with Crippen molar-refractivity contribution in [2.45, 2.75) is 118 Å². The zero-order valence-electron chi connectivity index (χ0n) is 19.4. The standard InChI is InChI=1S/C27H50/c1-7-23(20-27(4,5)6)24-14-11-15-25-13-10-8-9-12-21(2)16-19-26(25)22(3)17-18-24/h7,21-26H,1,8-20H2,2-6H3. The Morgan fingerprint density at radius 2 is 1.52 bits per heavy atom. The van der Waals surface area contributed by atoms with Crippen LogP contribution in [0.15, 0.2) is 12.7 Å². The van der Waals surface area contributed by atoms with Gasteiger partial charge in [-0.1, -0.05) is 98.5 Å². The summed E-state index contributed by atoms with van der Waals surface area (Å²) in [4.78, 5) is 0. The van der Waals surface area contributed by atoms with Crippen molar-refractivity contribution in [1.29, 1.82) is 0 Å². The molecule has 0 aromatic carbocycles. The minimum absolute atomic E-state index is 0.416. The fraction of sp³-hybridized carbons (Fsp3) is 0.926. The first-order valence-electron chi connectivity index (χ1n) is 12.4. The first-order chi connectivity index (χ1) is 12.8. The second kappa shape index (κ2) is 11.1. The monoisotopic (exact) mass is 374 g/mol. The van der Waals surface area contributed by atoms with Gasteiger partial charge in [-0.2, -0.15) is 0 Å². The van der Waals surface area contributed by atoms with Crippen molar-refractivity contribution in [2.24, 2.45) is 40.9 Å². The molecule has 2 saturated carbocycles. The summed E-state index contributed by atoms with van der Waals surface area (Å²) >= 11 is 0. The Morgan fingerprint density at radius 3 is 2.22 bits per heavy atom. The third-order valence-electron chi connectivity index (χ3n) is 8.00. The molecule has 6 unspecified atom stereocenters. The molecule has 0 aliphatic heterocycles. The zero-order chi connectivity index (χ0) is 19.9. The van der Waals surface area contributed by atoms with E-state index in [9.17, 15) is 0 Å². The molecule has 0 aromatic heterocycles. The summed E-state index contributed by atoms with van der Waals surface area (Å²) in [6.45, 7) is 16.5. The van der Waals surface area contributed by atoms with Gasteiger partial charge in [-0.3, -0.25) is 0 Å². The summed E-state index contributed by atoms with van der Waals surface area (Å²) in [6.07, 6.45) is 21.3. The highest BCUT2D eigenvalue weighted by Gasteiger charge is 2.31. The highest BCUT2D eigenvalue weighted by atomic mass is 14.4. The highest BCUT2D eigenvalue weighted by molar-refractivity contribution is 4.89. The van der Waals surface area contributed by atoms with Gasteiger partial charge in [0.15, 0.2) is 0 Å². The maximum absolute atomic E-state index is 4.24. The van der Waals surface area contributed by atoms with Crippen LogP contribution in [0.4, 0.5) is 0 Å². The van der Waals surface area contributed by atoms with Gasteiger partial charge in [0.1, 0.15) is 0 Å². The first kappa shape index (κ1) is 23.0. The van der Waals surface area contributed by atoms with Crippen molar-refractivity contribution in [3.05, 3.63) is 12.7 Å². The molecule has 0 saturated heterocycles. The molecule has 2 rings (SSSR count). The Bertz CT molecular complexity index is 414. The van der Waals surface area contributed by atoms with Crippen molar-refractivity contribution in [2.75, 3.05) is 0 Å². The Labute approximate surface area is 172 Å². The molecule has 0 aromatic rings. The van der Waals surface area contributed by atoms with Gasteiger partial charge in [0, 0.05) is 0 Å². The number of allylic oxidation sites excluding steroid dienone is 1. The van der Waals surface area contributed by atoms with E-state index in [-0.39, 0.29) is 0 Å². The minimum atomic E-state index is 0.416. The SMILES string of the molecule is C=CC(CC(C)(C)C)C1CCCC2CCCCCC(C)CCC2C(C)CC1. The molecular weight excluding hydrogens is 324 g/mol. The van der Waals surface area contributed by atoms with Gasteiger partial charge < -0.3 is 0 Å². The van der Waals surface area contributed by atoms with Gasteiger partial charge in [0.05, 0.1) is 0 Å². The van der Waals surface area contributed by atoms with Crippen LogP contribution in [0.5, 0.6) is 0 Å². The number of fused-ring (bicyclic) bond motifs is 1. The van der Waals surface area contributed by atoms with E-state index in [4.69, 9.17) is 0 Å². The number of hydrogen-bond donors (Lipinski definition) is 0. The molecule has 2 aliphatic rings. The van der Waals surface area contributed by atoms with Crippen molar-refractivity contribution in [1.82, 2.24) is 0 Å².